The number of hydrogen-bond acceptors (Lipinski definition) is 4. The fourth-order valence-corrected chi connectivity index (χ4v) is 1.87. The molecule has 0 atom stereocenters. The molecule has 2 rings (SSSR count). The van der Waals surface area contributed by atoms with Crippen LogP contribution < -0.4 is 5.73 Å². The van der Waals surface area contributed by atoms with Crippen LogP contribution in [0.1, 0.15) is 15.9 Å². The van der Waals surface area contributed by atoms with Crippen molar-refractivity contribution in [2.24, 2.45) is 0 Å². The van der Waals surface area contributed by atoms with Crippen LogP contribution >= 0.6 is 0 Å². The Labute approximate surface area is 116 Å². The molecule has 0 saturated carbocycles. The lowest BCUT2D eigenvalue weighted by Crippen LogP contribution is -2.26. The Bertz CT molecular complexity index is 624. The van der Waals surface area contributed by atoms with Gasteiger partial charge in [-0.05, 0) is 35.9 Å². The number of anilines is 1. The number of benzene rings is 2. The molecule has 0 radical (unpaired) electrons. The van der Waals surface area contributed by atoms with E-state index in [1.54, 1.807) is 19.2 Å². The summed E-state index contributed by atoms with van der Waals surface area (Å²) in [4.78, 5) is 13.7. The van der Waals surface area contributed by atoms with Crippen LogP contribution in [0.5, 0.6) is 11.5 Å². The highest BCUT2D eigenvalue weighted by Gasteiger charge is 2.16. The molecule has 1 amide bonds. The number of phenols is 2. The van der Waals surface area contributed by atoms with Gasteiger partial charge in [-0.1, -0.05) is 12.1 Å². The summed E-state index contributed by atoms with van der Waals surface area (Å²) in [5.41, 5.74) is 7.26. The van der Waals surface area contributed by atoms with Crippen molar-refractivity contribution in [3.63, 3.8) is 0 Å². The Morgan fingerprint density at radius 2 is 1.80 bits per heavy atom. The SMILES string of the molecule is CN(Cc1ccc(N)cc1)C(=O)c1cc(O)ccc1O. The number of nitrogens with two attached hydrogens (primary N) is 1. The number of nitrogens with zero attached hydrogens (tertiary/aromatic N) is 1. The average molecular weight is 272 g/mol. The van der Waals surface area contributed by atoms with Gasteiger partial charge in [0.15, 0.2) is 0 Å². The number of carbonyl (C=O) groups is 1. The van der Waals surface area contributed by atoms with Crippen molar-refractivity contribution < 1.29 is 15.0 Å². The van der Waals surface area contributed by atoms with Crippen LogP contribution in [-0.2, 0) is 6.54 Å². The molecule has 0 aliphatic carbocycles. The molecule has 2 aromatic rings. The standard InChI is InChI=1S/C15H16N2O3/c1-17(9-10-2-4-11(16)5-3-10)15(20)13-8-12(18)6-7-14(13)19/h2-8,18-19H,9,16H2,1H3. The maximum Gasteiger partial charge on any atom is 0.257 e. The molecular formula is C15H16N2O3. The zero-order valence-corrected chi connectivity index (χ0v) is 11.1. The average Bonchev–Trinajstić information content (AvgIpc) is 2.43. The lowest BCUT2D eigenvalue weighted by Gasteiger charge is -2.18. The quantitative estimate of drug-likeness (QED) is 0.588. The summed E-state index contributed by atoms with van der Waals surface area (Å²) in [6.07, 6.45) is 0. The lowest BCUT2D eigenvalue weighted by atomic mass is 10.1. The third-order valence-electron chi connectivity index (χ3n) is 2.96. The molecule has 5 heteroatoms. The van der Waals surface area contributed by atoms with Crippen LogP contribution in [0, 0.1) is 0 Å². The van der Waals surface area contributed by atoms with Crippen molar-refractivity contribution in [1.29, 1.82) is 0 Å². The van der Waals surface area contributed by atoms with Gasteiger partial charge in [-0.15, -0.1) is 0 Å². The fourth-order valence-electron chi connectivity index (χ4n) is 1.87. The molecule has 0 bridgehead atoms. The van der Waals surface area contributed by atoms with E-state index >= 15 is 0 Å². The molecule has 0 aromatic heterocycles. The van der Waals surface area contributed by atoms with Gasteiger partial charge in [0.05, 0.1) is 5.56 Å². The topological polar surface area (TPSA) is 86.8 Å². The first-order chi connectivity index (χ1) is 9.47. The molecule has 0 spiro atoms. The van der Waals surface area contributed by atoms with Crippen molar-refractivity contribution in [1.82, 2.24) is 4.90 Å². The molecular weight excluding hydrogens is 256 g/mol. The van der Waals surface area contributed by atoms with Gasteiger partial charge in [0.25, 0.3) is 5.91 Å². The van der Waals surface area contributed by atoms with E-state index in [1.807, 2.05) is 12.1 Å². The van der Waals surface area contributed by atoms with Gasteiger partial charge in [0, 0.05) is 19.3 Å². The van der Waals surface area contributed by atoms with Crippen molar-refractivity contribution in [2.75, 3.05) is 12.8 Å². The van der Waals surface area contributed by atoms with Gasteiger partial charge in [-0.2, -0.15) is 0 Å². The highest BCUT2D eigenvalue weighted by molar-refractivity contribution is 5.97. The van der Waals surface area contributed by atoms with Gasteiger partial charge >= 0.3 is 0 Å². The van der Waals surface area contributed by atoms with E-state index in [1.165, 1.54) is 23.1 Å². The zero-order chi connectivity index (χ0) is 14.7. The third kappa shape index (κ3) is 3.00. The van der Waals surface area contributed by atoms with E-state index in [0.717, 1.165) is 5.56 Å². The van der Waals surface area contributed by atoms with E-state index < -0.39 is 0 Å². The number of nitrogen functional groups attached to an aromatic ring is 1. The van der Waals surface area contributed by atoms with E-state index in [2.05, 4.69) is 0 Å². The fraction of sp³-hybridized carbons (Fsp3) is 0.133. The van der Waals surface area contributed by atoms with Crippen LogP contribution in [0.4, 0.5) is 5.69 Å². The Balaban J connectivity index is 2.16. The summed E-state index contributed by atoms with van der Waals surface area (Å²) in [5.74, 6) is -0.584. The second-order valence-electron chi connectivity index (χ2n) is 4.60. The second kappa shape index (κ2) is 5.52. The van der Waals surface area contributed by atoms with Gasteiger partial charge < -0.3 is 20.8 Å². The minimum absolute atomic E-state index is 0.0629. The summed E-state index contributed by atoms with van der Waals surface area (Å²) in [7, 11) is 1.63. The Morgan fingerprint density at radius 3 is 2.45 bits per heavy atom. The van der Waals surface area contributed by atoms with Crippen LogP contribution in [0.3, 0.4) is 0 Å². The summed E-state index contributed by atoms with van der Waals surface area (Å²) >= 11 is 0. The molecule has 4 N–H and O–H groups in total. The summed E-state index contributed by atoms with van der Waals surface area (Å²) < 4.78 is 0. The first-order valence-electron chi connectivity index (χ1n) is 6.09. The molecule has 0 fully saturated rings. The summed E-state index contributed by atoms with van der Waals surface area (Å²) in [6, 6.07) is 11.1. The largest absolute Gasteiger partial charge is 0.508 e. The number of phenolic OH excluding ortho intramolecular Hbond substituents is 2. The highest BCUT2D eigenvalue weighted by atomic mass is 16.3. The number of aromatic hydroxyl groups is 2. The number of hydrogen-bond donors (Lipinski definition) is 3. The Kier molecular flexibility index (Phi) is 3.79. The minimum Gasteiger partial charge on any atom is -0.508 e. The Morgan fingerprint density at radius 1 is 1.15 bits per heavy atom. The molecule has 0 aliphatic rings. The smallest absolute Gasteiger partial charge is 0.257 e. The van der Waals surface area contributed by atoms with E-state index in [-0.39, 0.29) is 23.0 Å². The molecule has 0 heterocycles. The zero-order valence-electron chi connectivity index (χ0n) is 11.1. The normalized spacial score (nSPS) is 10.2. The number of rotatable bonds is 3. The predicted molar refractivity (Wildman–Crippen MR) is 76.4 cm³/mol. The number of carbonyl (C=O) groups excluding carboxylic acids is 1. The molecule has 0 aliphatic heterocycles. The van der Waals surface area contributed by atoms with Crippen LogP contribution in [0.15, 0.2) is 42.5 Å². The van der Waals surface area contributed by atoms with Gasteiger partial charge in [0.2, 0.25) is 0 Å². The number of amides is 1. The first kappa shape index (κ1) is 13.7. The van der Waals surface area contributed by atoms with Crippen LogP contribution in [0.25, 0.3) is 0 Å². The van der Waals surface area contributed by atoms with Crippen LogP contribution in [-0.4, -0.2) is 28.1 Å². The van der Waals surface area contributed by atoms with E-state index in [9.17, 15) is 15.0 Å². The van der Waals surface area contributed by atoms with E-state index in [4.69, 9.17) is 5.73 Å². The summed E-state index contributed by atoms with van der Waals surface area (Å²) in [6.45, 7) is 0.383. The Hall–Kier alpha value is -2.69. The molecule has 104 valence electrons. The molecule has 0 unspecified atom stereocenters. The molecule has 2 aromatic carbocycles. The third-order valence-corrected chi connectivity index (χ3v) is 2.96. The van der Waals surface area contributed by atoms with Gasteiger partial charge in [0.1, 0.15) is 11.5 Å². The van der Waals surface area contributed by atoms with Crippen molar-refractivity contribution >= 4 is 11.6 Å². The summed E-state index contributed by atoms with van der Waals surface area (Å²) in [5, 5.41) is 19.1. The van der Waals surface area contributed by atoms with Crippen molar-refractivity contribution in [3.8, 4) is 11.5 Å². The molecule has 0 saturated heterocycles. The van der Waals surface area contributed by atoms with Gasteiger partial charge in [-0.3, -0.25) is 4.79 Å². The molecule has 5 nitrogen and oxygen atoms in total. The maximum atomic E-state index is 12.2. The maximum absolute atomic E-state index is 12.2. The van der Waals surface area contributed by atoms with E-state index in [0.29, 0.717) is 12.2 Å². The predicted octanol–water partition coefficient (Wildman–Crippen LogP) is 1.95. The van der Waals surface area contributed by atoms with Crippen molar-refractivity contribution in [2.45, 2.75) is 6.54 Å². The van der Waals surface area contributed by atoms with Gasteiger partial charge in [-0.25, -0.2) is 0 Å². The second-order valence-corrected chi connectivity index (χ2v) is 4.60. The minimum atomic E-state index is -0.366. The monoisotopic (exact) mass is 272 g/mol. The van der Waals surface area contributed by atoms with Crippen LogP contribution in [0.2, 0.25) is 0 Å². The lowest BCUT2D eigenvalue weighted by molar-refractivity contribution is 0.0781. The van der Waals surface area contributed by atoms with Crippen molar-refractivity contribution in [3.05, 3.63) is 53.6 Å². The first-order valence-corrected chi connectivity index (χ1v) is 6.09. The molecule has 20 heavy (non-hydrogen) atoms. The highest BCUT2D eigenvalue weighted by Crippen LogP contribution is 2.23.